The molecule has 1 saturated carbocycles. The quantitative estimate of drug-likeness (QED) is 0.839. The molecule has 14 heavy (non-hydrogen) atoms. The topological polar surface area (TPSA) is 43.8 Å². The second-order valence-corrected chi connectivity index (χ2v) is 4.45. The molecule has 0 saturated heterocycles. The highest BCUT2D eigenvalue weighted by atomic mass is 35.5. The van der Waals surface area contributed by atoms with Crippen LogP contribution in [0.2, 0.25) is 5.02 Å². The first-order valence-corrected chi connectivity index (χ1v) is 5.62. The average molecular weight is 214 g/mol. The van der Waals surface area contributed by atoms with Gasteiger partial charge in [0.05, 0.1) is 6.20 Å². The Balaban J connectivity index is 1.88. The second-order valence-electron chi connectivity index (χ2n) is 4.04. The number of nitrogens with two attached hydrogens (primary N) is 1. The molecule has 0 aliphatic heterocycles. The van der Waals surface area contributed by atoms with Crippen LogP contribution in [-0.2, 0) is 6.54 Å². The van der Waals surface area contributed by atoms with E-state index in [1.807, 2.05) is 0 Å². The molecule has 0 unspecified atom stereocenters. The van der Waals surface area contributed by atoms with Crippen molar-refractivity contribution in [3.05, 3.63) is 11.2 Å². The molecule has 4 heteroatoms. The van der Waals surface area contributed by atoms with Crippen LogP contribution in [0.15, 0.2) is 6.20 Å². The van der Waals surface area contributed by atoms with Crippen molar-refractivity contribution in [2.75, 3.05) is 5.73 Å². The molecular weight excluding hydrogens is 198 g/mol. The summed E-state index contributed by atoms with van der Waals surface area (Å²) in [5.74, 6) is 1.47. The van der Waals surface area contributed by atoms with Crippen LogP contribution in [0.3, 0.4) is 0 Å². The molecule has 2 N–H and O–H groups in total. The zero-order valence-electron chi connectivity index (χ0n) is 8.25. The molecule has 0 bridgehead atoms. The minimum absolute atomic E-state index is 0.566. The van der Waals surface area contributed by atoms with E-state index in [2.05, 4.69) is 5.10 Å². The van der Waals surface area contributed by atoms with E-state index in [1.165, 1.54) is 32.1 Å². The number of aryl methyl sites for hydroxylation is 1. The molecule has 3 nitrogen and oxygen atoms in total. The standard InChI is InChI=1S/C10H16ClN3/c11-9-7-13-14(10(9)12)6-5-8-3-1-2-4-8/h7-8H,1-6,12H2. The molecule has 0 amide bonds. The molecule has 0 spiro atoms. The van der Waals surface area contributed by atoms with Crippen LogP contribution in [-0.4, -0.2) is 9.78 Å². The summed E-state index contributed by atoms with van der Waals surface area (Å²) in [7, 11) is 0. The first-order valence-electron chi connectivity index (χ1n) is 5.24. The van der Waals surface area contributed by atoms with Crippen molar-refractivity contribution in [3.63, 3.8) is 0 Å². The fourth-order valence-electron chi connectivity index (χ4n) is 2.15. The van der Waals surface area contributed by atoms with Crippen molar-refractivity contribution in [1.82, 2.24) is 9.78 Å². The Morgan fingerprint density at radius 1 is 1.50 bits per heavy atom. The Morgan fingerprint density at radius 2 is 2.21 bits per heavy atom. The van der Waals surface area contributed by atoms with Gasteiger partial charge in [0.15, 0.2) is 0 Å². The lowest BCUT2D eigenvalue weighted by Crippen LogP contribution is -2.07. The summed E-state index contributed by atoms with van der Waals surface area (Å²) < 4.78 is 1.81. The lowest BCUT2D eigenvalue weighted by atomic mass is 10.0. The SMILES string of the molecule is Nc1c(Cl)cnn1CCC1CCCC1. The Hall–Kier alpha value is -0.700. The predicted molar refractivity (Wildman–Crippen MR) is 58.2 cm³/mol. The van der Waals surface area contributed by atoms with Gasteiger partial charge in [-0.25, -0.2) is 4.68 Å². The molecule has 78 valence electrons. The lowest BCUT2D eigenvalue weighted by molar-refractivity contribution is 0.442. The zero-order chi connectivity index (χ0) is 9.97. The fraction of sp³-hybridized carbons (Fsp3) is 0.700. The molecule has 2 rings (SSSR count). The van der Waals surface area contributed by atoms with Crippen LogP contribution in [0.1, 0.15) is 32.1 Å². The maximum atomic E-state index is 5.82. The van der Waals surface area contributed by atoms with Gasteiger partial charge in [-0.2, -0.15) is 5.10 Å². The van der Waals surface area contributed by atoms with E-state index < -0.39 is 0 Å². The van der Waals surface area contributed by atoms with Crippen molar-refractivity contribution in [1.29, 1.82) is 0 Å². The molecule has 1 fully saturated rings. The molecule has 0 atom stereocenters. The summed E-state index contributed by atoms with van der Waals surface area (Å²) in [5.41, 5.74) is 5.76. The van der Waals surface area contributed by atoms with Crippen molar-refractivity contribution in [2.45, 2.75) is 38.6 Å². The largest absolute Gasteiger partial charge is 0.383 e. The number of hydrogen-bond acceptors (Lipinski definition) is 2. The normalized spacial score (nSPS) is 17.8. The van der Waals surface area contributed by atoms with Crippen molar-refractivity contribution in [2.24, 2.45) is 5.92 Å². The van der Waals surface area contributed by atoms with Gasteiger partial charge in [0.25, 0.3) is 0 Å². The van der Waals surface area contributed by atoms with Crippen molar-refractivity contribution in [3.8, 4) is 0 Å². The van der Waals surface area contributed by atoms with Crippen LogP contribution >= 0.6 is 11.6 Å². The van der Waals surface area contributed by atoms with E-state index in [4.69, 9.17) is 17.3 Å². The van der Waals surface area contributed by atoms with E-state index in [-0.39, 0.29) is 0 Å². The van der Waals surface area contributed by atoms with Gasteiger partial charge in [-0.15, -0.1) is 0 Å². The highest BCUT2D eigenvalue weighted by molar-refractivity contribution is 6.32. The van der Waals surface area contributed by atoms with E-state index in [1.54, 1.807) is 10.9 Å². The number of nitrogen functional groups attached to an aromatic ring is 1. The smallest absolute Gasteiger partial charge is 0.140 e. The Labute approximate surface area is 89.2 Å². The number of halogens is 1. The van der Waals surface area contributed by atoms with Gasteiger partial charge in [-0.1, -0.05) is 37.3 Å². The molecule has 1 aromatic rings. The van der Waals surface area contributed by atoms with Crippen LogP contribution in [0, 0.1) is 5.92 Å². The third-order valence-corrected chi connectivity index (χ3v) is 3.35. The van der Waals surface area contributed by atoms with Gasteiger partial charge in [-0.3, -0.25) is 0 Å². The predicted octanol–water partition coefficient (Wildman–Crippen LogP) is 2.70. The first kappa shape index (κ1) is 9.84. The summed E-state index contributed by atoms with van der Waals surface area (Å²) in [6.07, 6.45) is 8.32. The molecule has 0 aromatic carbocycles. The van der Waals surface area contributed by atoms with Gasteiger partial charge in [0.2, 0.25) is 0 Å². The molecule has 1 aliphatic rings. The monoisotopic (exact) mass is 213 g/mol. The fourth-order valence-corrected chi connectivity index (χ4v) is 2.30. The molecule has 0 radical (unpaired) electrons. The van der Waals surface area contributed by atoms with Crippen LogP contribution in [0.4, 0.5) is 5.82 Å². The summed E-state index contributed by atoms with van der Waals surface area (Å²) in [4.78, 5) is 0. The second kappa shape index (κ2) is 4.22. The molecule has 1 aromatic heterocycles. The molecular formula is C10H16ClN3. The Bertz CT molecular complexity index is 302. The van der Waals surface area contributed by atoms with Crippen LogP contribution in [0.5, 0.6) is 0 Å². The lowest BCUT2D eigenvalue weighted by Gasteiger charge is -2.09. The maximum Gasteiger partial charge on any atom is 0.140 e. The van der Waals surface area contributed by atoms with Gasteiger partial charge < -0.3 is 5.73 Å². The highest BCUT2D eigenvalue weighted by Crippen LogP contribution is 2.28. The summed E-state index contributed by atoms with van der Waals surface area (Å²) in [6.45, 7) is 0.906. The van der Waals surface area contributed by atoms with Crippen molar-refractivity contribution < 1.29 is 0 Å². The summed E-state index contributed by atoms with van der Waals surface area (Å²) in [6, 6.07) is 0. The number of nitrogens with zero attached hydrogens (tertiary/aromatic N) is 2. The van der Waals surface area contributed by atoms with Crippen LogP contribution < -0.4 is 5.73 Å². The first-order chi connectivity index (χ1) is 6.77. The van der Waals surface area contributed by atoms with Gasteiger partial charge >= 0.3 is 0 Å². The van der Waals surface area contributed by atoms with Gasteiger partial charge in [0, 0.05) is 6.54 Å². The molecule has 1 heterocycles. The van der Waals surface area contributed by atoms with Gasteiger partial charge in [-0.05, 0) is 12.3 Å². The number of anilines is 1. The molecule has 1 aliphatic carbocycles. The minimum atomic E-state index is 0.566. The number of hydrogen-bond donors (Lipinski definition) is 1. The van der Waals surface area contributed by atoms with E-state index in [0.717, 1.165) is 12.5 Å². The van der Waals surface area contributed by atoms with Crippen LogP contribution in [0.25, 0.3) is 0 Å². The van der Waals surface area contributed by atoms with Crippen molar-refractivity contribution >= 4 is 17.4 Å². The summed E-state index contributed by atoms with van der Waals surface area (Å²) in [5, 5.41) is 4.70. The number of rotatable bonds is 3. The van der Waals surface area contributed by atoms with E-state index >= 15 is 0 Å². The minimum Gasteiger partial charge on any atom is -0.383 e. The third-order valence-electron chi connectivity index (χ3n) is 3.06. The summed E-state index contributed by atoms with van der Waals surface area (Å²) >= 11 is 5.82. The van der Waals surface area contributed by atoms with E-state index in [0.29, 0.717) is 10.8 Å². The third kappa shape index (κ3) is 2.03. The Kier molecular flexibility index (Phi) is 2.96. The maximum absolute atomic E-state index is 5.82. The average Bonchev–Trinajstić information content (AvgIpc) is 2.77. The van der Waals surface area contributed by atoms with Gasteiger partial charge in [0.1, 0.15) is 10.8 Å². The highest BCUT2D eigenvalue weighted by Gasteiger charge is 2.15. The Morgan fingerprint density at radius 3 is 2.79 bits per heavy atom. The zero-order valence-corrected chi connectivity index (χ0v) is 9.00. The number of aromatic nitrogens is 2. The van der Waals surface area contributed by atoms with E-state index in [9.17, 15) is 0 Å².